The summed E-state index contributed by atoms with van der Waals surface area (Å²) in [6, 6.07) is 13.9. The fourth-order valence-electron chi connectivity index (χ4n) is 1.58. The Labute approximate surface area is 139 Å². The maximum absolute atomic E-state index is 12.4. The topological polar surface area (TPSA) is 29.1 Å². The van der Waals surface area contributed by atoms with Crippen molar-refractivity contribution < 1.29 is 18.0 Å². The van der Waals surface area contributed by atoms with Crippen molar-refractivity contribution in [3.63, 3.8) is 0 Å². The molecule has 0 aliphatic heterocycles. The van der Waals surface area contributed by atoms with Crippen molar-refractivity contribution >= 4 is 33.2 Å². The van der Waals surface area contributed by atoms with Gasteiger partial charge in [-0.15, -0.1) is 0 Å². The molecule has 2 aromatic rings. The molecule has 120 valence electrons. The van der Waals surface area contributed by atoms with Crippen LogP contribution < -0.4 is 5.32 Å². The summed E-state index contributed by atoms with van der Waals surface area (Å²) in [5, 5.41) is 4.28. The van der Waals surface area contributed by atoms with Crippen LogP contribution in [0.4, 0.5) is 18.9 Å². The Morgan fingerprint density at radius 2 is 1.65 bits per heavy atom. The molecule has 0 saturated heterocycles. The molecule has 0 bridgehead atoms. The van der Waals surface area contributed by atoms with Gasteiger partial charge in [0.1, 0.15) is 0 Å². The molecule has 2 rings (SSSR count). The Morgan fingerprint density at radius 3 is 2.26 bits per heavy atom. The molecule has 0 saturated carbocycles. The largest absolute Gasteiger partial charge is 0.416 e. The van der Waals surface area contributed by atoms with Crippen LogP contribution >= 0.6 is 21.6 Å². The Morgan fingerprint density at radius 1 is 1.00 bits per heavy atom. The number of halogens is 3. The Balaban J connectivity index is 1.79. The molecule has 0 aliphatic rings. The number of para-hydroxylation sites is 1. The third-order valence-electron chi connectivity index (χ3n) is 2.64. The second-order valence-corrected chi connectivity index (χ2v) is 6.54. The predicted molar refractivity (Wildman–Crippen MR) is 89.1 cm³/mol. The van der Waals surface area contributed by atoms with Gasteiger partial charge in [-0.3, -0.25) is 4.79 Å². The Hall–Kier alpha value is -1.86. The smallest absolute Gasteiger partial charge is 0.322 e. The highest BCUT2D eigenvalue weighted by atomic mass is 33.1. The molecule has 0 radical (unpaired) electrons. The van der Waals surface area contributed by atoms with Gasteiger partial charge in [0.25, 0.3) is 0 Å². The van der Waals surface area contributed by atoms with Gasteiger partial charge in [-0.25, -0.2) is 0 Å². The zero-order valence-electron chi connectivity index (χ0n) is 11.7. The molecule has 2 aromatic carbocycles. The molecular weight excluding hydrogens is 343 g/mol. The summed E-state index contributed by atoms with van der Waals surface area (Å²) in [6.45, 7) is 0. The first-order valence-electron chi connectivity index (χ1n) is 6.48. The van der Waals surface area contributed by atoms with Crippen LogP contribution in [0.15, 0.2) is 71.0 Å². The van der Waals surface area contributed by atoms with E-state index in [1.807, 2.05) is 18.2 Å². The highest BCUT2D eigenvalue weighted by Crippen LogP contribution is 2.35. The van der Waals surface area contributed by atoms with Crippen LogP contribution in [0.3, 0.4) is 0 Å². The monoisotopic (exact) mass is 355 g/mol. The lowest BCUT2D eigenvalue weighted by Crippen LogP contribution is -2.07. The highest BCUT2D eigenvalue weighted by molar-refractivity contribution is 8.77. The summed E-state index contributed by atoms with van der Waals surface area (Å²) in [5.41, 5.74) is 0.0205. The lowest BCUT2D eigenvalue weighted by Gasteiger charge is -2.06. The summed E-state index contributed by atoms with van der Waals surface area (Å²) >= 11 is 0. The fraction of sp³-hybridized carbons (Fsp3) is 0.0625. The van der Waals surface area contributed by atoms with E-state index >= 15 is 0 Å². The van der Waals surface area contributed by atoms with Crippen molar-refractivity contribution in [3.05, 3.63) is 71.6 Å². The summed E-state index contributed by atoms with van der Waals surface area (Å²) in [7, 11) is 2.52. The van der Waals surface area contributed by atoms with Crippen molar-refractivity contribution in [2.45, 2.75) is 11.1 Å². The zero-order valence-corrected chi connectivity index (χ0v) is 13.3. The van der Waals surface area contributed by atoms with Gasteiger partial charge in [0.15, 0.2) is 0 Å². The first-order valence-corrected chi connectivity index (χ1v) is 8.69. The van der Waals surface area contributed by atoms with Crippen LogP contribution in [0.2, 0.25) is 0 Å². The van der Waals surface area contributed by atoms with Crippen LogP contribution in [0.5, 0.6) is 0 Å². The second-order valence-electron chi connectivity index (χ2n) is 4.36. The minimum Gasteiger partial charge on any atom is -0.322 e. The van der Waals surface area contributed by atoms with Gasteiger partial charge in [-0.05, 0) is 41.8 Å². The Kier molecular flexibility index (Phi) is 6.18. The fourth-order valence-corrected chi connectivity index (χ4v) is 3.17. The number of alkyl halides is 3. The van der Waals surface area contributed by atoms with E-state index in [1.165, 1.54) is 39.8 Å². The predicted octanol–water partition coefficient (Wildman–Crippen LogP) is 5.60. The van der Waals surface area contributed by atoms with Crippen molar-refractivity contribution in [2.75, 3.05) is 5.32 Å². The van der Waals surface area contributed by atoms with Crippen molar-refractivity contribution in [1.82, 2.24) is 0 Å². The standard InChI is InChI=1S/C16H12F3NOS2/c17-16(18,19)12-6-8-14(9-7-12)23-22-11-10-15(21)20-13-4-2-1-3-5-13/h1-11H,(H,20,21)/b11-10+. The first kappa shape index (κ1) is 17.5. The van der Waals surface area contributed by atoms with Crippen LogP contribution in [-0.2, 0) is 11.0 Å². The van der Waals surface area contributed by atoms with Gasteiger partial charge in [0.2, 0.25) is 5.91 Å². The Bertz CT molecular complexity index is 670. The van der Waals surface area contributed by atoms with E-state index in [0.29, 0.717) is 10.6 Å². The third-order valence-corrected chi connectivity index (χ3v) is 4.65. The van der Waals surface area contributed by atoms with Crippen LogP contribution in [0, 0.1) is 0 Å². The van der Waals surface area contributed by atoms with E-state index in [0.717, 1.165) is 12.1 Å². The summed E-state index contributed by atoms with van der Waals surface area (Å²) in [5.74, 6) is -0.267. The maximum atomic E-state index is 12.4. The molecular formula is C16H12F3NOS2. The molecule has 0 heterocycles. The van der Waals surface area contributed by atoms with Gasteiger partial charge < -0.3 is 5.32 Å². The van der Waals surface area contributed by atoms with Crippen LogP contribution in [0.25, 0.3) is 0 Å². The molecule has 23 heavy (non-hydrogen) atoms. The van der Waals surface area contributed by atoms with Gasteiger partial charge >= 0.3 is 6.18 Å². The number of hydrogen-bond acceptors (Lipinski definition) is 3. The van der Waals surface area contributed by atoms with Crippen molar-refractivity contribution in [1.29, 1.82) is 0 Å². The van der Waals surface area contributed by atoms with E-state index < -0.39 is 11.7 Å². The second kappa shape index (κ2) is 8.12. The number of carbonyl (C=O) groups excluding carboxylic acids is 1. The van der Waals surface area contributed by atoms with Crippen LogP contribution in [0.1, 0.15) is 5.56 Å². The molecule has 0 spiro atoms. The van der Waals surface area contributed by atoms with Gasteiger partial charge in [0, 0.05) is 16.7 Å². The molecule has 1 N–H and O–H groups in total. The number of nitrogens with one attached hydrogen (secondary N) is 1. The van der Waals surface area contributed by atoms with Gasteiger partial charge in [0.05, 0.1) is 5.56 Å². The van der Waals surface area contributed by atoms with E-state index in [-0.39, 0.29) is 5.91 Å². The maximum Gasteiger partial charge on any atom is 0.416 e. The normalized spacial score (nSPS) is 11.6. The SMILES string of the molecule is O=C(/C=C/SSc1ccc(C(F)(F)F)cc1)Nc1ccccc1. The average Bonchev–Trinajstić information content (AvgIpc) is 2.52. The number of carbonyl (C=O) groups is 1. The zero-order chi connectivity index (χ0) is 16.7. The van der Waals surface area contributed by atoms with Crippen molar-refractivity contribution in [3.8, 4) is 0 Å². The van der Waals surface area contributed by atoms with E-state index in [4.69, 9.17) is 0 Å². The molecule has 2 nitrogen and oxygen atoms in total. The van der Waals surface area contributed by atoms with Gasteiger partial charge in [-0.1, -0.05) is 39.8 Å². The minimum absolute atomic E-state index is 0.267. The van der Waals surface area contributed by atoms with Crippen molar-refractivity contribution in [2.24, 2.45) is 0 Å². The quantitative estimate of drug-likeness (QED) is 0.559. The molecule has 0 unspecified atom stereocenters. The average molecular weight is 355 g/mol. The van der Waals surface area contributed by atoms with E-state index in [2.05, 4.69) is 5.32 Å². The lowest BCUT2D eigenvalue weighted by atomic mass is 10.2. The number of anilines is 1. The minimum atomic E-state index is -4.33. The molecule has 0 atom stereocenters. The molecule has 1 amide bonds. The number of amides is 1. The number of benzene rings is 2. The van der Waals surface area contributed by atoms with E-state index in [1.54, 1.807) is 17.5 Å². The number of rotatable bonds is 5. The third kappa shape index (κ3) is 6.03. The molecule has 0 aliphatic carbocycles. The molecule has 7 heteroatoms. The molecule has 0 fully saturated rings. The van der Waals surface area contributed by atoms with Gasteiger partial charge in [-0.2, -0.15) is 13.2 Å². The van der Waals surface area contributed by atoms with Crippen LogP contribution in [-0.4, -0.2) is 5.91 Å². The summed E-state index contributed by atoms with van der Waals surface area (Å²) in [6.07, 6.45) is -2.96. The van der Waals surface area contributed by atoms with E-state index in [9.17, 15) is 18.0 Å². The highest BCUT2D eigenvalue weighted by Gasteiger charge is 2.29. The summed E-state index contributed by atoms with van der Waals surface area (Å²) < 4.78 is 37.3. The lowest BCUT2D eigenvalue weighted by molar-refractivity contribution is -0.137. The number of hydrogen-bond donors (Lipinski definition) is 1. The molecule has 0 aromatic heterocycles. The summed E-state index contributed by atoms with van der Waals surface area (Å²) in [4.78, 5) is 12.3. The first-order chi connectivity index (χ1) is 10.9.